The number of benzene rings is 2. The van der Waals surface area contributed by atoms with Crippen LogP contribution in [-0.4, -0.2) is 26.3 Å². The molecule has 0 radical (unpaired) electrons. The van der Waals surface area contributed by atoms with Crippen LogP contribution < -0.4 is 19.5 Å². The second kappa shape index (κ2) is 8.09. The van der Waals surface area contributed by atoms with Crippen LogP contribution in [0.2, 0.25) is 0 Å². The van der Waals surface area contributed by atoms with E-state index in [9.17, 15) is 4.39 Å². The zero-order valence-corrected chi connectivity index (χ0v) is 16.6. The van der Waals surface area contributed by atoms with Crippen molar-refractivity contribution in [3.63, 3.8) is 0 Å². The molecule has 29 heavy (non-hydrogen) atoms. The smallest absolute Gasteiger partial charge is 0.217 e. The van der Waals surface area contributed by atoms with E-state index in [1.807, 2.05) is 30.3 Å². The van der Waals surface area contributed by atoms with Gasteiger partial charge >= 0.3 is 0 Å². The molecule has 1 aliphatic heterocycles. The fourth-order valence-electron chi connectivity index (χ4n) is 3.95. The minimum atomic E-state index is -0.271. The number of nitrogens with zero attached hydrogens (tertiary/aromatic N) is 1. The second-order valence-corrected chi connectivity index (χ2v) is 6.92. The number of halogens is 1. The Balaban J connectivity index is 1.85. The molecule has 3 aromatic rings. The van der Waals surface area contributed by atoms with Gasteiger partial charge in [-0.2, -0.15) is 0 Å². The first-order chi connectivity index (χ1) is 14.1. The predicted octanol–water partition coefficient (Wildman–Crippen LogP) is 4.22. The molecule has 0 saturated heterocycles. The van der Waals surface area contributed by atoms with E-state index in [1.54, 1.807) is 39.7 Å². The maximum Gasteiger partial charge on any atom is 0.217 e. The number of fused-ring (bicyclic) bond motifs is 1. The van der Waals surface area contributed by atoms with Gasteiger partial charge in [-0.05, 0) is 53.4 Å². The van der Waals surface area contributed by atoms with E-state index in [1.165, 1.54) is 6.07 Å². The molecule has 0 aliphatic carbocycles. The molecule has 4 rings (SSSR count). The highest BCUT2D eigenvalue weighted by molar-refractivity contribution is 5.52. The number of methoxy groups -OCH3 is 3. The van der Waals surface area contributed by atoms with Crippen molar-refractivity contribution in [2.45, 2.75) is 18.5 Å². The largest absolute Gasteiger partial charge is 0.493 e. The Labute approximate surface area is 169 Å². The summed E-state index contributed by atoms with van der Waals surface area (Å²) in [5.74, 6) is 1.62. The van der Waals surface area contributed by atoms with Gasteiger partial charge in [-0.1, -0.05) is 18.2 Å². The summed E-state index contributed by atoms with van der Waals surface area (Å²) in [6.45, 7) is 0. The average molecular weight is 394 g/mol. The van der Waals surface area contributed by atoms with Gasteiger partial charge in [0.25, 0.3) is 0 Å². The highest BCUT2D eigenvalue weighted by atomic mass is 19.1. The molecule has 1 N–H and O–H groups in total. The summed E-state index contributed by atoms with van der Waals surface area (Å²) in [5.41, 5.74) is 3.93. The molecule has 2 aromatic carbocycles. The van der Waals surface area contributed by atoms with Gasteiger partial charge in [0.1, 0.15) is 5.82 Å². The first-order valence-corrected chi connectivity index (χ1v) is 9.39. The third-order valence-electron chi connectivity index (χ3n) is 5.30. The van der Waals surface area contributed by atoms with Gasteiger partial charge in [0.05, 0.1) is 27.4 Å². The summed E-state index contributed by atoms with van der Waals surface area (Å²) in [7, 11) is 4.85. The maximum absolute atomic E-state index is 14.0. The van der Waals surface area contributed by atoms with Crippen LogP contribution in [0.5, 0.6) is 17.4 Å². The topological polar surface area (TPSA) is 52.6 Å². The van der Waals surface area contributed by atoms with Crippen molar-refractivity contribution in [1.82, 2.24) is 10.3 Å². The monoisotopic (exact) mass is 394 g/mol. The van der Waals surface area contributed by atoms with Crippen molar-refractivity contribution in [2.24, 2.45) is 0 Å². The van der Waals surface area contributed by atoms with Crippen molar-refractivity contribution in [1.29, 1.82) is 0 Å². The van der Waals surface area contributed by atoms with Gasteiger partial charge < -0.3 is 14.2 Å². The summed E-state index contributed by atoms with van der Waals surface area (Å²) in [5, 5.41) is 3.65. The third-order valence-corrected chi connectivity index (χ3v) is 5.30. The molecular weight excluding hydrogens is 371 g/mol. The Hall–Kier alpha value is -3.12. The van der Waals surface area contributed by atoms with E-state index in [0.717, 1.165) is 22.3 Å². The Morgan fingerprint density at radius 3 is 2.45 bits per heavy atom. The standard InChI is InChI=1S/C23H23FN2O3/c1-27-20-12-15-11-19(17-8-5-9-25-23(17)29-3)26-22(18(15)13-21(20)28-2)14-6-4-7-16(24)10-14/h4-10,12-13,19,22,26H,11H2,1-3H3/t19-,22-/m1/s1. The van der Waals surface area contributed by atoms with Gasteiger partial charge in [-0.15, -0.1) is 0 Å². The van der Waals surface area contributed by atoms with Crippen LogP contribution in [0.3, 0.4) is 0 Å². The van der Waals surface area contributed by atoms with Crippen molar-refractivity contribution in [3.05, 3.63) is 82.8 Å². The van der Waals surface area contributed by atoms with Crippen LogP contribution in [0.25, 0.3) is 0 Å². The van der Waals surface area contributed by atoms with Crippen LogP contribution in [0, 0.1) is 5.82 Å². The van der Waals surface area contributed by atoms with Crippen LogP contribution in [-0.2, 0) is 6.42 Å². The lowest BCUT2D eigenvalue weighted by molar-refractivity contribution is 0.349. The lowest BCUT2D eigenvalue weighted by Gasteiger charge is -2.35. The molecular formula is C23H23FN2O3. The number of aromatic nitrogens is 1. The fraction of sp³-hybridized carbons (Fsp3) is 0.261. The summed E-state index contributed by atoms with van der Waals surface area (Å²) < 4.78 is 30.5. The maximum atomic E-state index is 14.0. The summed E-state index contributed by atoms with van der Waals surface area (Å²) >= 11 is 0. The molecule has 0 spiro atoms. The van der Waals surface area contributed by atoms with E-state index in [-0.39, 0.29) is 17.9 Å². The number of rotatable bonds is 5. The summed E-state index contributed by atoms with van der Waals surface area (Å²) in [6, 6.07) is 14.2. The Morgan fingerprint density at radius 2 is 1.72 bits per heavy atom. The molecule has 2 atom stereocenters. The zero-order valence-electron chi connectivity index (χ0n) is 16.6. The van der Waals surface area contributed by atoms with Gasteiger partial charge in [0.15, 0.2) is 11.5 Å². The van der Waals surface area contributed by atoms with Crippen LogP contribution in [0.4, 0.5) is 4.39 Å². The molecule has 0 unspecified atom stereocenters. The molecule has 6 heteroatoms. The second-order valence-electron chi connectivity index (χ2n) is 6.92. The van der Waals surface area contributed by atoms with E-state index in [2.05, 4.69) is 10.3 Å². The van der Waals surface area contributed by atoms with E-state index < -0.39 is 0 Å². The molecule has 150 valence electrons. The Kier molecular flexibility index (Phi) is 5.36. The van der Waals surface area contributed by atoms with E-state index >= 15 is 0 Å². The fourth-order valence-corrected chi connectivity index (χ4v) is 3.95. The summed E-state index contributed by atoms with van der Waals surface area (Å²) in [4.78, 5) is 4.33. The van der Waals surface area contributed by atoms with Gasteiger partial charge in [-0.3, -0.25) is 5.32 Å². The Bertz CT molecular complexity index is 1020. The van der Waals surface area contributed by atoms with Crippen LogP contribution >= 0.6 is 0 Å². The van der Waals surface area contributed by atoms with Gasteiger partial charge in [0.2, 0.25) is 5.88 Å². The SMILES string of the molecule is COc1cc2c(cc1OC)[C@@H](c1cccc(F)c1)N[C@@H](c1cccnc1OC)C2. The predicted molar refractivity (Wildman–Crippen MR) is 108 cm³/mol. The molecule has 0 amide bonds. The number of ether oxygens (including phenoxy) is 3. The minimum Gasteiger partial charge on any atom is -0.493 e. The van der Waals surface area contributed by atoms with Crippen molar-refractivity contribution >= 4 is 0 Å². The number of hydrogen-bond acceptors (Lipinski definition) is 5. The van der Waals surface area contributed by atoms with Crippen molar-refractivity contribution < 1.29 is 18.6 Å². The van der Waals surface area contributed by atoms with Gasteiger partial charge in [-0.25, -0.2) is 9.37 Å². The zero-order chi connectivity index (χ0) is 20.4. The Morgan fingerprint density at radius 1 is 0.931 bits per heavy atom. The lowest BCUT2D eigenvalue weighted by atomic mass is 9.84. The molecule has 0 saturated carbocycles. The number of pyridine rings is 1. The minimum absolute atomic E-state index is 0.0579. The van der Waals surface area contributed by atoms with E-state index in [0.29, 0.717) is 23.8 Å². The summed E-state index contributed by atoms with van der Waals surface area (Å²) in [6.07, 6.45) is 2.42. The lowest BCUT2D eigenvalue weighted by Crippen LogP contribution is -2.34. The molecule has 2 heterocycles. The molecule has 5 nitrogen and oxygen atoms in total. The number of hydrogen-bond donors (Lipinski definition) is 1. The van der Waals surface area contributed by atoms with Crippen molar-refractivity contribution in [3.8, 4) is 17.4 Å². The highest BCUT2D eigenvalue weighted by Gasteiger charge is 2.31. The first kappa shape index (κ1) is 19.2. The highest BCUT2D eigenvalue weighted by Crippen LogP contribution is 2.42. The van der Waals surface area contributed by atoms with Crippen molar-refractivity contribution in [2.75, 3.05) is 21.3 Å². The first-order valence-electron chi connectivity index (χ1n) is 9.39. The quantitative estimate of drug-likeness (QED) is 0.702. The van der Waals surface area contributed by atoms with Gasteiger partial charge in [0, 0.05) is 17.8 Å². The van der Waals surface area contributed by atoms with Crippen LogP contribution in [0.1, 0.15) is 34.3 Å². The van der Waals surface area contributed by atoms with E-state index in [4.69, 9.17) is 14.2 Å². The normalized spacial score (nSPS) is 18.1. The molecule has 0 bridgehead atoms. The third kappa shape index (κ3) is 3.63. The molecule has 1 aromatic heterocycles. The molecule has 1 aliphatic rings. The average Bonchev–Trinajstić information content (AvgIpc) is 2.77. The number of nitrogens with one attached hydrogen (secondary N) is 1. The van der Waals surface area contributed by atoms with Crippen LogP contribution in [0.15, 0.2) is 54.7 Å². The molecule has 0 fully saturated rings.